The Bertz CT molecular complexity index is 986. The molecule has 30 heavy (non-hydrogen) atoms. The van der Waals surface area contributed by atoms with E-state index >= 15 is 0 Å². The van der Waals surface area contributed by atoms with E-state index in [0.29, 0.717) is 30.6 Å². The number of carbonyl (C=O) groups excluding carboxylic acids is 1. The lowest BCUT2D eigenvalue weighted by Crippen LogP contribution is -2.50. The van der Waals surface area contributed by atoms with Crippen LogP contribution in [0.2, 0.25) is 19.6 Å². The van der Waals surface area contributed by atoms with Crippen LogP contribution in [0.5, 0.6) is 5.75 Å². The largest absolute Gasteiger partial charge is 0.496 e. The zero-order chi connectivity index (χ0) is 22.1. The van der Waals surface area contributed by atoms with Gasteiger partial charge in [0.05, 0.1) is 18.6 Å². The Kier molecular flexibility index (Phi) is 5.95. The molecule has 1 amide bonds. The number of carbonyl (C=O) groups is 1. The van der Waals surface area contributed by atoms with Gasteiger partial charge in [-0.1, -0.05) is 30.7 Å². The number of hydrogen-bond acceptors (Lipinski definition) is 6. The summed E-state index contributed by atoms with van der Waals surface area (Å²) in [6.07, 6.45) is -0.324. The van der Waals surface area contributed by atoms with Crippen molar-refractivity contribution in [2.75, 3.05) is 20.2 Å². The van der Waals surface area contributed by atoms with Crippen LogP contribution in [0.4, 0.5) is 4.79 Å². The summed E-state index contributed by atoms with van der Waals surface area (Å²) < 4.78 is 16.4. The van der Waals surface area contributed by atoms with E-state index in [1.54, 1.807) is 12.0 Å². The Morgan fingerprint density at radius 3 is 2.57 bits per heavy atom. The molecule has 1 fully saturated rings. The molecule has 0 aliphatic carbocycles. The maximum Gasteiger partial charge on any atom is 0.410 e. The van der Waals surface area contributed by atoms with Gasteiger partial charge in [0.1, 0.15) is 19.4 Å². The maximum atomic E-state index is 12.1. The fourth-order valence-corrected chi connectivity index (χ4v) is 3.35. The number of rotatable bonds is 3. The van der Waals surface area contributed by atoms with Crippen molar-refractivity contribution in [3.63, 3.8) is 0 Å². The number of hydrogen-bond donors (Lipinski definition) is 0. The highest BCUT2D eigenvalue weighted by atomic mass is 28.3. The first-order valence-corrected chi connectivity index (χ1v) is 13.5. The molecule has 1 aliphatic heterocycles. The summed E-state index contributed by atoms with van der Waals surface area (Å²) in [5.74, 6) is 4.85. The molecule has 0 saturated carbocycles. The Morgan fingerprint density at radius 2 is 1.97 bits per heavy atom. The number of nitrogens with zero attached hydrogens (tertiary/aromatic N) is 3. The van der Waals surface area contributed by atoms with Crippen molar-refractivity contribution in [1.82, 2.24) is 15.0 Å². The Hall–Kier alpha value is -2.79. The van der Waals surface area contributed by atoms with Crippen molar-refractivity contribution in [2.45, 2.75) is 51.9 Å². The first-order valence-electron chi connectivity index (χ1n) is 9.98. The zero-order valence-electron chi connectivity index (χ0n) is 18.7. The second kappa shape index (κ2) is 8.15. The molecule has 0 bridgehead atoms. The van der Waals surface area contributed by atoms with Crippen LogP contribution in [0.3, 0.4) is 0 Å². The highest BCUT2D eigenvalue weighted by molar-refractivity contribution is 6.83. The quantitative estimate of drug-likeness (QED) is 0.537. The van der Waals surface area contributed by atoms with E-state index in [9.17, 15) is 4.79 Å². The lowest BCUT2D eigenvalue weighted by atomic mass is 10.0. The van der Waals surface area contributed by atoms with Crippen LogP contribution < -0.4 is 4.74 Å². The number of ether oxygens (including phenoxy) is 2. The minimum atomic E-state index is -1.46. The van der Waals surface area contributed by atoms with Gasteiger partial charge in [-0.15, -0.1) is 5.54 Å². The lowest BCUT2D eigenvalue weighted by molar-refractivity contribution is 0.00558. The van der Waals surface area contributed by atoms with Crippen molar-refractivity contribution in [3.8, 4) is 28.6 Å². The van der Waals surface area contributed by atoms with Gasteiger partial charge in [0, 0.05) is 18.7 Å². The summed E-state index contributed by atoms with van der Waals surface area (Å²) in [5.41, 5.74) is 4.48. The van der Waals surface area contributed by atoms with Crippen LogP contribution in [-0.2, 0) is 4.74 Å². The van der Waals surface area contributed by atoms with Gasteiger partial charge < -0.3 is 18.9 Å². The number of amides is 1. The van der Waals surface area contributed by atoms with E-state index in [2.05, 4.69) is 41.2 Å². The third kappa shape index (κ3) is 5.42. The van der Waals surface area contributed by atoms with E-state index in [-0.39, 0.29) is 12.0 Å². The molecule has 3 rings (SSSR count). The summed E-state index contributed by atoms with van der Waals surface area (Å²) >= 11 is 0. The fraction of sp³-hybridized carbons (Fsp3) is 0.500. The molecule has 1 aliphatic rings. The van der Waals surface area contributed by atoms with E-state index < -0.39 is 13.7 Å². The van der Waals surface area contributed by atoms with Gasteiger partial charge in [0.2, 0.25) is 11.7 Å². The molecular weight excluding hydrogens is 398 g/mol. The molecule has 0 atom stereocenters. The number of likely N-dealkylation sites (tertiary alicyclic amines) is 1. The van der Waals surface area contributed by atoms with Crippen LogP contribution in [0, 0.1) is 11.5 Å². The summed E-state index contributed by atoms with van der Waals surface area (Å²) in [6.45, 7) is 13.2. The van der Waals surface area contributed by atoms with Gasteiger partial charge in [-0.2, -0.15) is 4.98 Å². The van der Waals surface area contributed by atoms with Crippen LogP contribution in [0.1, 0.15) is 38.1 Å². The van der Waals surface area contributed by atoms with E-state index in [1.165, 1.54) is 0 Å². The summed E-state index contributed by atoms with van der Waals surface area (Å²) in [4.78, 5) is 18.2. The molecule has 1 aromatic carbocycles. The number of aromatic nitrogens is 2. The third-order valence-electron chi connectivity index (χ3n) is 4.35. The van der Waals surface area contributed by atoms with E-state index in [0.717, 1.165) is 11.1 Å². The topological polar surface area (TPSA) is 77.7 Å². The monoisotopic (exact) mass is 427 g/mol. The van der Waals surface area contributed by atoms with Gasteiger partial charge in [-0.05, 0) is 39.0 Å². The molecule has 0 N–H and O–H groups in total. The van der Waals surface area contributed by atoms with E-state index in [4.69, 9.17) is 14.0 Å². The van der Waals surface area contributed by atoms with Crippen molar-refractivity contribution in [2.24, 2.45) is 0 Å². The van der Waals surface area contributed by atoms with Crippen molar-refractivity contribution in [1.29, 1.82) is 0 Å². The minimum absolute atomic E-state index is 0.00616. The summed E-state index contributed by atoms with van der Waals surface area (Å²) in [7, 11) is 0.153. The number of methoxy groups -OCH3 is 1. The predicted molar refractivity (Wildman–Crippen MR) is 117 cm³/mol. The van der Waals surface area contributed by atoms with Gasteiger partial charge >= 0.3 is 6.09 Å². The van der Waals surface area contributed by atoms with Crippen molar-refractivity contribution < 1.29 is 18.8 Å². The highest BCUT2D eigenvalue weighted by Crippen LogP contribution is 2.32. The molecule has 2 aromatic rings. The Morgan fingerprint density at radius 1 is 1.27 bits per heavy atom. The summed E-state index contributed by atoms with van der Waals surface area (Å²) in [6, 6.07) is 5.73. The van der Waals surface area contributed by atoms with E-state index in [1.807, 2.05) is 39.0 Å². The first-order chi connectivity index (χ1) is 13.9. The maximum absolute atomic E-state index is 12.1. The molecule has 0 spiro atoms. The minimum Gasteiger partial charge on any atom is -0.496 e. The molecule has 8 heteroatoms. The van der Waals surface area contributed by atoms with Crippen LogP contribution >= 0.6 is 0 Å². The Labute approximate surface area is 178 Å². The van der Waals surface area contributed by atoms with Gasteiger partial charge in [-0.3, -0.25) is 0 Å². The fourth-order valence-electron chi connectivity index (χ4n) is 2.83. The van der Waals surface area contributed by atoms with Crippen molar-refractivity contribution >= 4 is 14.2 Å². The van der Waals surface area contributed by atoms with Crippen LogP contribution in [-0.4, -0.2) is 55.0 Å². The average Bonchev–Trinajstić information content (AvgIpc) is 3.05. The molecule has 2 heterocycles. The molecule has 160 valence electrons. The average molecular weight is 428 g/mol. The second-order valence-electron chi connectivity index (χ2n) is 9.45. The predicted octanol–water partition coefficient (Wildman–Crippen LogP) is 4.31. The van der Waals surface area contributed by atoms with Crippen molar-refractivity contribution in [3.05, 3.63) is 29.7 Å². The molecule has 0 radical (unpaired) electrons. The number of benzene rings is 1. The van der Waals surface area contributed by atoms with Gasteiger partial charge in [-0.25, -0.2) is 4.79 Å². The Balaban J connectivity index is 1.71. The van der Waals surface area contributed by atoms with Crippen LogP contribution in [0.15, 0.2) is 22.7 Å². The second-order valence-corrected chi connectivity index (χ2v) is 14.2. The molecular formula is C22H29N3O4Si. The summed E-state index contributed by atoms with van der Waals surface area (Å²) in [5, 5.41) is 4.11. The molecule has 7 nitrogen and oxygen atoms in total. The molecule has 1 saturated heterocycles. The smallest absolute Gasteiger partial charge is 0.410 e. The third-order valence-corrected chi connectivity index (χ3v) is 5.22. The molecule has 1 aromatic heterocycles. The standard InChI is InChI=1S/C22H29N3O4Si/c1-22(2,3)28-21(26)25-13-16(14-25)20-23-19(24-29-20)17-9-8-15(12-18(17)27-4)10-11-30(5,6)7/h8-9,12,16H,13-14H2,1-7H3. The van der Waals surface area contributed by atoms with Gasteiger partial charge in [0.15, 0.2) is 0 Å². The SMILES string of the molecule is COc1cc(C#C[Si](C)(C)C)ccc1-c1noc(C2CN(C(=O)OC(C)(C)C)C2)n1. The van der Waals surface area contributed by atoms with Crippen LogP contribution in [0.25, 0.3) is 11.4 Å². The van der Waals surface area contributed by atoms with Gasteiger partial charge in [0.25, 0.3) is 0 Å². The lowest BCUT2D eigenvalue weighted by Gasteiger charge is -2.37. The zero-order valence-corrected chi connectivity index (χ0v) is 19.7. The molecule has 0 unspecified atom stereocenters. The highest BCUT2D eigenvalue weighted by Gasteiger charge is 2.38. The normalized spacial score (nSPS) is 14.6. The first kappa shape index (κ1) is 21.9.